The van der Waals surface area contributed by atoms with Crippen LogP contribution in [0.3, 0.4) is 0 Å². The van der Waals surface area contributed by atoms with Crippen molar-refractivity contribution in [2.24, 2.45) is 0 Å². The molecular weight excluding hydrogens is 116 g/mol. The fourth-order valence-electron chi connectivity index (χ4n) is 0.435. The molecule has 0 saturated carbocycles. The molecule has 0 bridgehead atoms. The Hall–Kier alpha value is -0.340. The molecule has 0 heterocycles. The van der Waals surface area contributed by atoms with Gasteiger partial charge >= 0.3 is 0 Å². The zero-order chi connectivity index (χ0) is 6.95. The molecule has 2 nitrogen and oxygen atoms in total. The zero-order valence-electron chi connectivity index (χ0n) is 5.68. The number of ether oxygens (including phenoxy) is 1. The zero-order valence-corrected chi connectivity index (χ0v) is 5.68. The van der Waals surface area contributed by atoms with Crippen molar-refractivity contribution in [1.29, 1.82) is 0 Å². The van der Waals surface area contributed by atoms with Gasteiger partial charge in [-0.05, 0) is 12.8 Å². The van der Waals surface area contributed by atoms with Gasteiger partial charge in [0.05, 0.1) is 0 Å². The summed E-state index contributed by atoms with van der Waals surface area (Å²) < 4.78 is 5.08. The lowest BCUT2D eigenvalue weighted by atomic mass is 10.4. The normalized spacial score (nSPS) is 9.44. The second-order valence-electron chi connectivity index (χ2n) is 1.77. The quantitative estimate of drug-likeness (QED) is 0.428. The maximum absolute atomic E-state index is 8.32. The maximum Gasteiger partial charge on any atom is 0.0500 e. The Morgan fingerprint density at radius 3 is 2.78 bits per heavy atom. The predicted octanol–water partition coefficient (Wildman–Crippen LogP) is 0.962. The summed E-state index contributed by atoms with van der Waals surface area (Å²) in [5, 5.41) is 8.32. The van der Waals surface area contributed by atoms with Crippen LogP contribution in [0, 0.1) is 0 Å². The van der Waals surface area contributed by atoms with E-state index >= 15 is 0 Å². The molecule has 0 amide bonds. The van der Waals surface area contributed by atoms with Gasteiger partial charge in [-0.1, -0.05) is 6.08 Å². The molecule has 2 heteroatoms. The van der Waals surface area contributed by atoms with E-state index in [0.29, 0.717) is 6.61 Å². The number of aliphatic hydroxyl groups is 1. The van der Waals surface area contributed by atoms with Crippen LogP contribution in [0.5, 0.6) is 0 Å². The monoisotopic (exact) mass is 130 g/mol. The van der Waals surface area contributed by atoms with E-state index in [2.05, 4.69) is 6.58 Å². The molecule has 54 valence electrons. The molecule has 0 aromatic carbocycles. The molecule has 0 aliphatic heterocycles. The van der Waals surface area contributed by atoms with Crippen LogP contribution in [0.15, 0.2) is 12.7 Å². The van der Waals surface area contributed by atoms with Crippen molar-refractivity contribution >= 4 is 0 Å². The largest absolute Gasteiger partial charge is 0.396 e. The van der Waals surface area contributed by atoms with Crippen molar-refractivity contribution in [2.45, 2.75) is 12.8 Å². The third-order valence-corrected chi connectivity index (χ3v) is 0.913. The number of hydrogen-bond donors (Lipinski definition) is 1. The first-order valence-electron chi connectivity index (χ1n) is 3.21. The fraction of sp³-hybridized carbons (Fsp3) is 0.714. The summed E-state index contributed by atoms with van der Waals surface area (Å²) in [7, 11) is 0. The van der Waals surface area contributed by atoms with Crippen molar-refractivity contribution in [3.8, 4) is 0 Å². The van der Waals surface area contributed by atoms with Crippen LogP contribution < -0.4 is 0 Å². The van der Waals surface area contributed by atoms with Crippen molar-refractivity contribution in [3.05, 3.63) is 12.7 Å². The molecule has 0 saturated heterocycles. The van der Waals surface area contributed by atoms with Crippen LogP contribution in [0.2, 0.25) is 0 Å². The Bertz CT molecular complexity index is 61.9. The molecule has 0 aliphatic rings. The van der Waals surface area contributed by atoms with Gasteiger partial charge in [0.2, 0.25) is 0 Å². The van der Waals surface area contributed by atoms with Gasteiger partial charge in [0, 0.05) is 19.8 Å². The lowest BCUT2D eigenvalue weighted by Gasteiger charge is -1.98. The topological polar surface area (TPSA) is 29.5 Å². The Labute approximate surface area is 56.1 Å². The summed E-state index contributed by atoms with van der Waals surface area (Å²) >= 11 is 0. The van der Waals surface area contributed by atoms with Crippen LogP contribution in [-0.4, -0.2) is 24.9 Å². The van der Waals surface area contributed by atoms with Crippen LogP contribution in [0.1, 0.15) is 12.8 Å². The Kier molecular flexibility index (Phi) is 7.37. The lowest BCUT2D eigenvalue weighted by molar-refractivity contribution is 0.120. The van der Waals surface area contributed by atoms with Gasteiger partial charge in [0.15, 0.2) is 0 Å². The number of rotatable bonds is 6. The highest BCUT2D eigenvalue weighted by Gasteiger charge is 1.83. The fourth-order valence-corrected chi connectivity index (χ4v) is 0.435. The first-order chi connectivity index (χ1) is 4.41. The first kappa shape index (κ1) is 8.66. The Morgan fingerprint density at radius 2 is 2.22 bits per heavy atom. The van der Waals surface area contributed by atoms with Gasteiger partial charge in [-0.25, -0.2) is 0 Å². The van der Waals surface area contributed by atoms with Crippen molar-refractivity contribution < 1.29 is 9.84 Å². The molecule has 1 N–H and O–H groups in total. The van der Waals surface area contributed by atoms with E-state index in [9.17, 15) is 0 Å². The summed E-state index contributed by atoms with van der Waals surface area (Å²) in [6.07, 6.45) is 3.45. The van der Waals surface area contributed by atoms with Gasteiger partial charge in [-0.2, -0.15) is 0 Å². The molecule has 0 aliphatic carbocycles. The van der Waals surface area contributed by atoms with Crippen LogP contribution >= 0.6 is 0 Å². The molecule has 0 rings (SSSR count). The van der Waals surface area contributed by atoms with Crippen LogP contribution in [0.4, 0.5) is 0 Å². The minimum Gasteiger partial charge on any atom is -0.396 e. The van der Waals surface area contributed by atoms with Gasteiger partial charge < -0.3 is 9.84 Å². The Balaban J connectivity index is 2.66. The van der Waals surface area contributed by atoms with E-state index in [4.69, 9.17) is 9.84 Å². The second-order valence-corrected chi connectivity index (χ2v) is 1.77. The van der Waals surface area contributed by atoms with E-state index in [1.807, 2.05) is 6.08 Å². The van der Waals surface area contributed by atoms with Crippen LogP contribution in [0.25, 0.3) is 0 Å². The molecule has 0 atom stereocenters. The van der Waals surface area contributed by atoms with E-state index in [-0.39, 0.29) is 6.61 Å². The number of hydrogen-bond acceptors (Lipinski definition) is 2. The van der Waals surface area contributed by atoms with E-state index in [1.54, 1.807) is 0 Å². The maximum atomic E-state index is 8.32. The van der Waals surface area contributed by atoms with Crippen molar-refractivity contribution in [2.75, 3.05) is 19.8 Å². The summed E-state index contributed by atoms with van der Waals surface area (Å²) in [5.41, 5.74) is 0. The smallest absolute Gasteiger partial charge is 0.0500 e. The Morgan fingerprint density at radius 1 is 1.44 bits per heavy atom. The summed E-state index contributed by atoms with van der Waals surface area (Å²) in [4.78, 5) is 0. The van der Waals surface area contributed by atoms with Crippen molar-refractivity contribution in [3.63, 3.8) is 0 Å². The van der Waals surface area contributed by atoms with Gasteiger partial charge in [0.1, 0.15) is 0 Å². The highest BCUT2D eigenvalue weighted by Crippen LogP contribution is 1.84. The molecule has 0 fully saturated rings. The highest BCUT2D eigenvalue weighted by molar-refractivity contribution is 4.64. The summed E-state index contributed by atoms with van der Waals surface area (Å²) in [6, 6.07) is 0. The molecule has 0 aromatic heterocycles. The molecule has 0 radical (unpaired) electrons. The summed E-state index contributed by atoms with van der Waals surface area (Å²) in [5.74, 6) is 0. The predicted molar refractivity (Wildman–Crippen MR) is 37.3 cm³/mol. The second kappa shape index (κ2) is 7.66. The van der Waals surface area contributed by atoms with Gasteiger partial charge in [0.25, 0.3) is 0 Å². The number of aliphatic hydroxyl groups excluding tert-OH is 1. The summed E-state index contributed by atoms with van der Waals surface area (Å²) in [6.45, 7) is 5.15. The molecule has 9 heavy (non-hydrogen) atoms. The standard InChI is InChI=1S/C7H14O2/c1-2-3-6-9-7-4-5-8/h2,8H,1,3-7H2. The SMILES string of the molecule is C=CCCOCCCO. The first-order valence-corrected chi connectivity index (χ1v) is 3.21. The molecule has 0 spiro atoms. The average molecular weight is 130 g/mol. The molecular formula is C7H14O2. The highest BCUT2D eigenvalue weighted by atomic mass is 16.5. The van der Waals surface area contributed by atoms with Crippen molar-refractivity contribution in [1.82, 2.24) is 0 Å². The molecule has 0 aromatic rings. The third kappa shape index (κ3) is 7.66. The van der Waals surface area contributed by atoms with Gasteiger partial charge in [-0.3, -0.25) is 0 Å². The van der Waals surface area contributed by atoms with E-state index in [1.165, 1.54) is 0 Å². The van der Waals surface area contributed by atoms with Gasteiger partial charge in [-0.15, -0.1) is 6.58 Å². The van der Waals surface area contributed by atoms with Crippen LogP contribution in [-0.2, 0) is 4.74 Å². The minimum atomic E-state index is 0.216. The lowest BCUT2D eigenvalue weighted by Crippen LogP contribution is -1.97. The minimum absolute atomic E-state index is 0.216. The third-order valence-electron chi connectivity index (χ3n) is 0.913. The molecule has 0 unspecified atom stereocenters. The average Bonchev–Trinajstić information content (AvgIpc) is 1.89. The van der Waals surface area contributed by atoms with E-state index < -0.39 is 0 Å². The van der Waals surface area contributed by atoms with E-state index in [0.717, 1.165) is 19.4 Å².